The number of nitrogens with zero attached hydrogens (tertiary/aromatic N) is 3. The van der Waals surface area contributed by atoms with Crippen molar-refractivity contribution in [2.45, 2.75) is 142 Å². The highest BCUT2D eigenvalue weighted by Crippen LogP contribution is 2.53. The lowest BCUT2D eigenvalue weighted by Gasteiger charge is -2.45. The van der Waals surface area contributed by atoms with E-state index < -0.39 is 139 Å². The summed E-state index contributed by atoms with van der Waals surface area (Å²) in [6.45, 7) is -2.99. The summed E-state index contributed by atoms with van der Waals surface area (Å²) >= 11 is 1.78. The first-order chi connectivity index (χ1) is 33.3. The zero-order valence-corrected chi connectivity index (χ0v) is 38.0. The number of alkyl halides is 3. The molecule has 4 saturated heterocycles. The summed E-state index contributed by atoms with van der Waals surface area (Å²) in [5, 5.41) is 103. The summed E-state index contributed by atoms with van der Waals surface area (Å²) in [4.78, 5) is 61.5. The second kappa shape index (κ2) is 24.2. The minimum atomic E-state index is -4.97. The monoisotopic (exact) mass is 1030 g/mol. The number of unbranched alkanes of at least 4 members (excludes halogenated alkanes) is 2. The Balaban J connectivity index is 0.984. The summed E-state index contributed by atoms with van der Waals surface area (Å²) in [5.74, 6) is -1.65. The van der Waals surface area contributed by atoms with Crippen molar-refractivity contribution in [1.82, 2.24) is 26.6 Å². The molecule has 14 atom stereocenters. The van der Waals surface area contributed by atoms with Gasteiger partial charge in [-0.2, -0.15) is 24.9 Å². The lowest BCUT2D eigenvalue weighted by molar-refractivity contribution is -0.385. The number of thioether (sulfide) groups is 1. The van der Waals surface area contributed by atoms with Crippen molar-refractivity contribution in [2.75, 3.05) is 45.3 Å². The Morgan fingerprint density at radius 2 is 1.63 bits per heavy atom. The number of amides is 5. The summed E-state index contributed by atoms with van der Waals surface area (Å²) in [6.07, 6.45) is -18.7. The predicted octanol–water partition coefficient (Wildman–Crippen LogP) is -2.59. The van der Waals surface area contributed by atoms with Crippen LogP contribution in [0.5, 0.6) is 5.75 Å². The number of halogens is 3. The van der Waals surface area contributed by atoms with Crippen LogP contribution in [0.3, 0.4) is 0 Å². The molecular weight excluding hydrogens is 970 g/mol. The average molecular weight is 1030 g/mol. The number of rotatable bonds is 25. The number of benzene rings is 1. The Kier molecular flexibility index (Phi) is 18.9. The molecule has 1 aromatic rings. The molecule has 4 fully saturated rings. The van der Waals surface area contributed by atoms with E-state index >= 15 is 0 Å². The Morgan fingerprint density at radius 3 is 2.31 bits per heavy atom. The van der Waals surface area contributed by atoms with Crippen LogP contribution in [0.2, 0.25) is 0 Å². The minimum absolute atomic E-state index is 0.00701. The number of hydrogen-bond donors (Lipinski definition) is 12. The first-order valence-electron chi connectivity index (χ1n) is 22.4. The van der Waals surface area contributed by atoms with Crippen molar-refractivity contribution >= 4 is 41.2 Å². The molecule has 26 nitrogen and oxygen atoms in total. The molecule has 30 heteroatoms. The van der Waals surface area contributed by atoms with Gasteiger partial charge in [0.2, 0.25) is 11.8 Å². The number of aliphatic hydroxyl groups is 7. The maximum atomic E-state index is 13.6. The van der Waals surface area contributed by atoms with Crippen LogP contribution in [0.15, 0.2) is 28.4 Å². The van der Waals surface area contributed by atoms with Crippen molar-refractivity contribution in [3.05, 3.63) is 33.9 Å². The maximum absolute atomic E-state index is 13.6. The second-order valence-electron chi connectivity index (χ2n) is 17.1. The van der Waals surface area contributed by atoms with E-state index in [-0.39, 0.29) is 61.6 Å². The lowest BCUT2D eigenvalue weighted by atomic mass is 9.97. The van der Waals surface area contributed by atoms with E-state index in [4.69, 9.17) is 23.7 Å². The molecule has 6 rings (SSSR count). The third-order valence-corrected chi connectivity index (χ3v) is 13.7. The van der Waals surface area contributed by atoms with Gasteiger partial charge in [-0.25, -0.2) is 4.79 Å². The highest BCUT2D eigenvalue weighted by atomic mass is 32.2. The van der Waals surface area contributed by atoms with Gasteiger partial charge in [-0.05, 0) is 44.2 Å². The number of ether oxygens (including phenoxy) is 5. The van der Waals surface area contributed by atoms with Crippen molar-refractivity contribution in [1.29, 1.82) is 0 Å². The third-order valence-electron chi connectivity index (χ3n) is 12.2. The fraction of sp³-hybridized carbons (Fsp3) is 0.750. The van der Waals surface area contributed by atoms with E-state index in [1.54, 1.807) is 11.8 Å². The molecule has 5 amide bonds. The molecular formula is C40H57F3N8O18S. The fourth-order valence-electron chi connectivity index (χ4n) is 8.32. The van der Waals surface area contributed by atoms with Gasteiger partial charge in [-0.3, -0.25) is 24.5 Å². The molecule has 5 aliphatic heterocycles. The quantitative estimate of drug-likeness (QED) is 0.0207. The van der Waals surface area contributed by atoms with Gasteiger partial charge in [0.1, 0.15) is 54.9 Å². The van der Waals surface area contributed by atoms with Crippen molar-refractivity contribution in [2.24, 2.45) is 10.2 Å². The van der Waals surface area contributed by atoms with Gasteiger partial charge in [0, 0.05) is 42.1 Å². The molecule has 0 aliphatic carbocycles. The number of aliphatic hydroxyl groups excluding tert-OH is 7. The van der Waals surface area contributed by atoms with E-state index in [2.05, 4.69) is 36.8 Å². The van der Waals surface area contributed by atoms with Crippen LogP contribution in [0, 0.1) is 10.1 Å². The van der Waals surface area contributed by atoms with E-state index in [1.165, 1.54) is 0 Å². The highest BCUT2D eigenvalue weighted by Gasteiger charge is 2.65. The van der Waals surface area contributed by atoms with Gasteiger partial charge >= 0.3 is 23.6 Å². The normalized spacial score (nSPS) is 31.5. The van der Waals surface area contributed by atoms with Crippen molar-refractivity contribution < 1.29 is 96.7 Å². The fourth-order valence-corrected chi connectivity index (χ4v) is 9.86. The number of fused-ring (bicyclic) bond motifs is 1. The number of urea groups is 1. The number of nitro benzene ring substituents is 1. The lowest BCUT2D eigenvalue weighted by Crippen LogP contribution is -2.64. The summed E-state index contributed by atoms with van der Waals surface area (Å²) in [6, 6.07) is 1.02. The summed E-state index contributed by atoms with van der Waals surface area (Å²) in [5.41, 5.74) is -4.51. The first-order valence-corrected chi connectivity index (χ1v) is 23.5. The van der Waals surface area contributed by atoms with Gasteiger partial charge in [-0.1, -0.05) is 6.42 Å². The standard InChI is InChI=1S/C40H57F3N8O18S/c41-40(42,43)39(49-50-39)18-8-9-22(21(13-18)51(63)64)66-16-27(55)46-19(5-3-4-10-44-26(54)7-2-1-6-25-28-20(17-70-25)47-38(62)48-28)35(61)45-11-12-65-36-33(60)31(58)34(24(15-53)68-36)69-37-32(59)30(57)29(56)23(14-52)67-37/h8-9,13,19-20,23-25,28-34,36-37,52-53,56-60H,1-7,10-12,14-17H2,(H,44,54)(H,45,61)(H,46,55)(H2,47,48,62)/t19-,20-,23+,24+,25-,28-,29-,30-,31+,32+,33+,34+,36+,37-/m0/s1. The topological polar surface area (TPSA) is 384 Å². The maximum Gasteiger partial charge on any atom is 0.442 e. The van der Waals surface area contributed by atoms with Gasteiger partial charge in [0.05, 0.1) is 36.8 Å². The molecule has 0 aromatic heterocycles. The second-order valence-corrected chi connectivity index (χ2v) is 18.4. The van der Waals surface area contributed by atoms with Crippen molar-refractivity contribution in [3.63, 3.8) is 0 Å². The number of nitro groups is 1. The molecule has 5 aliphatic rings. The van der Waals surface area contributed by atoms with Crippen LogP contribution in [-0.2, 0) is 39.0 Å². The van der Waals surface area contributed by atoms with E-state index in [0.29, 0.717) is 18.9 Å². The number of carbonyl (C=O) groups excluding carboxylic acids is 4. The molecule has 1 aromatic carbocycles. The van der Waals surface area contributed by atoms with Gasteiger partial charge < -0.3 is 86.0 Å². The van der Waals surface area contributed by atoms with E-state index in [0.717, 1.165) is 30.7 Å². The zero-order valence-electron chi connectivity index (χ0n) is 37.2. The van der Waals surface area contributed by atoms with Crippen LogP contribution in [0.4, 0.5) is 23.7 Å². The molecule has 0 unspecified atom stereocenters. The average Bonchev–Trinajstić information content (AvgIpc) is 3.97. The number of hydrogen-bond acceptors (Lipinski definition) is 21. The molecule has 0 radical (unpaired) electrons. The first kappa shape index (κ1) is 54.7. The van der Waals surface area contributed by atoms with Crippen LogP contribution >= 0.6 is 11.8 Å². The number of nitrogens with one attached hydrogen (secondary N) is 5. The largest absolute Gasteiger partial charge is 0.477 e. The summed E-state index contributed by atoms with van der Waals surface area (Å²) < 4.78 is 67.9. The Labute approximate surface area is 400 Å². The van der Waals surface area contributed by atoms with Crippen LogP contribution in [0.1, 0.15) is 50.5 Å². The van der Waals surface area contributed by atoms with E-state index in [1.807, 2.05) is 0 Å². The van der Waals surface area contributed by atoms with Crippen molar-refractivity contribution in [3.8, 4) is 5.75 Å². The Morgan fingerprint density at radius 1 is 0.914 bits per heavy atom. The van der Waals surface area contributed by atoms with Crippen LogP contribution in [0.25, 0.3) is 0 Å². The van der Waals surface area contributed by atoms with Crippen LogP contribution in [-0.4, -0.2) is 201 Å². The van der Waals surface area contributed by atoms with Gasteiger partial charge in [0.15, 0.2) is 24.9 Å². The van der Waals surface area contributed by atoms with Gasteiger partial charge in [-0.15, -0.1) is 10.2 Å². The Hall–Kier alpha value is -4.60. The molecule has 0 spiro atoms. The van der Waals surface area contributed by atoms with Crippen LogP contribution < -0.4 is 31.3 Å². The molecule has 70 heavy (non-hydrogen) atoms. The highest BCUT2D eigenvalue weighted by molar-refractivity contribution is 8.00. The summed E-state index contributed by atoms with van der Waals surface area (Å²) in [7, 11) is 0. The van der Waals surface area contributed by atoms with Gasteiger partial charge in [0.25, 0.3) is 5.91 Å². The SMILES string of the molecule is O=C(CCCC[C@@H]1SC[C@@H]2NC(=O)N[C@@H]21)NCCCC[C@H](NC(=O)COc1ccc(C2(C(F)(F)F)N=N2)cc1[N+](=O)[O-])C(=O)NCCO[C@@H]1O[C@H](CO)[C@@H](O[C@@H]2O[C@H](CO)[C@H](O)[C@H](O)[C@H]2O)[C@H](O)[C@H]1O. The molecule has 392 valence electrons. The predicted molar refractivity (Wildman–Crippen MR) is 229 cm³/mol. The molecule has 12 N–H and O–H groups in total. The molecule has 5 heterocycles. The molecule has 0 saturated carbocycles. The zero-order chi connectivity index (χ0) is 50.9. The number of carbonyl (C=O) groups is 4. The third kappa shape index (κ3) is 13.3. The minimum Gasteiger partial charge on any atom is -0.477 e. The smallest absolute Gasteiger partial charge is 0.442 e. The van der Waals surface area contributed by atoms with E-state index in [9.17, 15) is 78.2 Å². The molecule has 0 bridgehead atoms. The Bertz CT molecular complexity index is 2020.